The molecular weight excluding hydrogens is 226 g/mol. The van der Waals surface area contributed by atoms with Gasteiger partial charge in [-0.25, -0.2) is 0 Å². The lowest BCUT2D eigenvalue weighted by Gasteiger charge is -2.36. The molecule has 4 nitrogen and oxygen atoms in total. The van der Waals surface area contributed by atoms with Crippen molar-refractivity contribution in [3.8, 4) is 0 Å². The van der Waals surface area contributed by atoms with Gasteiger partial charge >= 0.3 is 0 Å². The number of hydrogen-bond acceptors (Lipinski definition) is 3. The monoisotopic (exact) mass is 253 g/mol. The van der Waals surface area contributed by atoms with Gasteiger partial charge in [0, 0.05) is 12.6 Å². The van der Waals surface area contributed by atoms with Crippen molar-refractivity contribution < 1.29 is 4.79 Å². The average Bonchev–Trinajstić information content (AvgIpc) is 2.67. The smallest absolute Gasteiger partial charge is 0.240 e. The van der Waals surface area contributed by atoms with E-state index in [0.29, 0.717) is 6.04 Å². The summed E-state index contributed by atoms with van der Waals surface area (Å²) < 4.78 is 0. The third kappa shape index (κ3) is 2.86. The lowest BCUT2D eigenvalue weighted by atomic mass is 10.1. The Kier molecular flexibility index (Phi) is 4.62. The van der Waals surface area contributed by atoms with Crippen LogP contribution in [0.1, 0.15) is 46.5 Å². The maximum absolute atomic E-state index is 12.1. The minimum absolute atomic E-state index is 0.0106. The largest absolute Gasteiger partial charge is 0.324 e. The van der Waals surface area contributed by atoms with Crippen molar-refractivity contribution in [3.05, 3.63) is 0 Å². The fraction of sp³-hybridized carbons (Fsp3) is 0.929. The molecule has 0 spiro atoms. The van der Waals surface area contributed by atoms with Gasteiger partial charge in [-0.3, -0.25) is 15.0 Å². The summed E-state index contributed by atoms with van der Waals surface area (Å²) >= 11 is 0. The fourth-order valence-corrected chi connectivity index (χ4v) is 3.17. The molecule has 3 unspecified atom stereocenters. The average molecular weight is 253 g/mol. The molecule has 2 saturated heterocycles. The second-order valence-corrected chi connectivity index (χ2v) is 5.75. The van der Waals surface area contributed by atoms with Crippen molar-refractivity contribution >= 4 is 5.91 Å². The first-order chi connectivity index (χ1) is 8.63. The number of piperidine rings is 1. The van der Waals surface area contributed by atoms with Gasteiger partial charge in [0.25, 0.3) is 0 Å². The van der Waals surface area contributed by atoms with Gasteiger partial charge in [0.2, 0.25) is 5.91 Å². The minimum atomic E-state index is -0.0106. The van der Waals surface area contributed by atoms with E-state index in [9.17, 15) is 4.79 Å². The van der Waals surface area contributed by atoms with E-state index in [1.54, 1.807) is 0 Å². The molecule has 1 amide bonds. The molecule has 2 aliphatic rings. The van der Waals surface area contributed by atoms with E-state index < -0.39 is 0 Å². The summed E-state index contributed by atoms with van der Waals surface area (Å²) in [7, 11) is 0. The Bertz CT molecular complexity index is 289. The molecule has 0 saturated carbocycles. The van der Waals surface area contributed by atoms with Crippen LogP contribution in [0.25, 0.3) is 0 Å². The number of rotatable bonds is 4. The van der Waals surface area contributed by atoms with Gasteiger partial charge < -0.3 is 4.90 Å². The maximum Gasteiger partial charge on any atom is 0.240 e. The highest BCUT2D eigenvalue weighted by molar-refractivity contribution is 5.83. The summed E-state index contributed by atoms with van der Waals surface area (Å²) in [5, 5.41) is 3.37. The second-order valence-electron chi connectivity index (χ2n) is 5.75. The Hall–Kier alpha value is -0.610. The standard InChI is InChI=1S/C14H27N3O/c1-4-13-15-12(3)14(18)17(13)10-11(2)16-8-6-5-7-9-16/h11-13,15H,4-10H2,1-3H3. The molecule has 1 N–H and O–H groups in total. The number of nitrogens with one attached hydrogen (secondary N) is 1. The Morgan fingerprint density at radius 1 is 1.33 bits per heavy atom. The second kappa shape index (κ2) is 6.02. The van der Waals surface area contributed by atoms with Crippen molar-refractivity contribution in [2.45, 2.75) is 64.7 Å². The van der Waals surface area contributed by atoms with E-state index in [-0.39, 0.29) is 18.1 Å². The van der Waals surface area contributed by atoms with Crippen molar-refractivity contribution in [3.63, 3.8) is 0 Å². The normalized spacial score (nSPS) is 31.9. The molecular formula is C14H27N3O. The molecule has 0 aromatic rings. The van der Waals surface area contributed by atoms with Crippen molar-refractivity contribution in [1.29, 1.82) is 0 Å². The van der Waals surface area contributed by atoms with Crippen molar-refractivity contribution in [2.75, 3.05) is 19.6 Å². The molecule has 2 fully saturated rings. The van der Waals surface area contributed by atoms with Gasteiger partial charge in [-0.2, -0.15) is 0 Å². The van der Waals surface area contributed by atoms with E-state index in [4.69, 9.17) is 0 Å². The Balaban J connectivity index is 1.92. The summed E-state index contributed by atoms with van der Waals surface area (Å²) in [5.41, 5.74) is 0. The fourth-order valence-electron chi connectivity index (χ4n) is 3.17. The highest BCUT2D eigenvalue weighted by Crippen LogP contribution is 2.17. The summed E-state index contributed by atoms with van der Waals surface area (Å²) in [4.78, 5) is 16.7. The van der Waals surface area contributed by atoms with Crippen LogP contribution in [-0.4, -0.2) is 53.6 Å². The van der Waals surface area contributed by atoms with Crippen LogP contribution in [-0.2, 0) is 4.79 Å². The van der Waals surface area contributed by atoms with E-state index in [2.05, 4.69) is 24.1 Å². The number of nitrogens with zero attached hydrogens (tertiary/aromatic N) is 2. The molecule has 0 bridgehead atoms. The first kappa shape index (κ1) is 13.8. The van der Waals surface area contributed by atoms with Crippen LogP contribution in [0.2, 0.25) is 0 Å². The molecule has 2 aliphatic heterocycles. The van der Waals surface area contributed by atoms with Crippen LogP contribution in [0.3, 0.4) is 0 Å². The zero-order valence-corrected chi connectivity index (χ0v) is 12.0. The number of carbonyl (C=O) groups is 1. The van der Waals surface area contributed by atoms with E-state index >= 15 is 0 Å². The van der Waals surface area contributed by atoms with Gasteiger partial charge in [-0.05, 0) is 46.2 Å². The lowest BCUT2D eigenvalue weighted by Crippen LogP contribution is -2.48. The summed E-state index contributed by atoms with van der Waals surface area (Å²) in [6.07, 6.45) is 5.21. The zero-order valence-electron chi connectivity index (χ0n) is 12.0. The van der Waals surface area contributed by atoms with Crippen molar-refractivity contribution in [1.82, 2.24) is 15.1 Å². The molecule has 0 aliphatic carbocycles. The third-order valence-corrected chi connectivity index (χ3v) is 4.33. The number of hydrogen-bond donors (Lipinski definition) is 1. The van der Waals surface area contributed by atoms with E-state index in [1.807, 2.05) is 11.8 Å². The summed E-state index contributed by atoms with van der Waals surface area (Å²) in [5.74, 6) is 0.269. The van der Waals surface area contributed by atoms with Crippen molar-refractivity contribution in [2.24, 2.45) is 0 Å². The number of carbonyl (C=O) groups excluding carboxylic acids is 1. The molecule has 0 aromatic heterocycles. The van der Waals surface area contributed by atoms with Gasteiger partial charge in [-0.15, -0.1) is 0 Å². The van der Waals surface area contributed by atoms with Gasteiger partial charge in [0.1, 0.15) is 0 Å². The Morgan fingerprint density at radius 2 is 2.00 bits per heavy atom. The minimum Gasteiger partial charge on any atom is -0.324 e. The molecule has 18 heavy (non-hydrogen) atoms. The predicted molar refractivity (Wildman–Crippen MR) is 73.3 cm³/mol. The highest BCUT2D eigenvalue weighted by atomic mass is 16.2. The Labute approximate surface area is 111 Å². The molecule has 2 rings (SSSR count). The van der Waals surface area contributed by atoms with Gasteiger partial charge in [-0.1, -0.05) is 13.3 Å². The van der Waals surface area contributed by atoms with Crippen LogP contribution >= 0.6 is 0 Å². The topological polar surface area (TPSA) is 35.6 Å². The lowest BCUT2D eigenvalue weighted by molar-refractivity contribution is -0.130. The molecule has 0 radical (unpaired) electrons. The first-order valence-electron chi connectivity index (χ1n) is 7.44. The first-order valence-corrected chi connectivity index (χ1v) is 7.44. The number of amides is 1. The zero-order chi connectivity index (χ0) is 13.1. The summed E-state index contributed by atoms with van der Waals surface area (Å²) in [6, 6.07) is 0.471. The molecule has 4 heteroatoms. The molecule has 2 heterocycles. The molecule has 104 valence electrons. The summed E-state index contributed by atoms with van der Waals surface area (Å²) in [6.45, 7) is 9.63. The van der Waals surface area contributed by atoms with Crippen LogP contribution in [0.15, 0.2) is 0 Å². The molecule has 0 aromatic carbocycles. The predicted octanol–water partition coefficient (Wildman–Crippen LogP) is 1.42. The van der Waals surface area contributed by atoms with Gasteiger partial charge in [0.15, 0.2) is 0 Å². The molecule has 3 atom stereocenters. The van der Waals surface area contributed by atoms with E-state index in [1.165, 1.54) is 32.4 Å². The van der Waals surface area contributed by atoms with Crippen LogP contribution in [0.5, 0.6) is 0 Å². The maximum atomic E-state index is 12.1. The Morgan fingerprint density at radius 3 is 2.61 bits per heavy atom. The highest BCUT2D eigenvalue weighted by Gasteiger charge is 2.36. The van der Waals surface area contributed by atoms with Crippen LogP contribution in [0, 0.1) is 0 Å². The number of likely N-dealkylation sites (tertiary alicyclic amines) is 1. The van der Waals surface area contributed by atoms with Gasteiger partial charge in [0.05, 0.1) is 12.2 Å². The van der Waals surface area contributed by atoms with E-state index in [0.717, 1.165) is 13.0 Å². The third-order valence-electron chi connectivity index (χ3n) is 4.33. The van der Waals surface area contributed by atoms with Crippen LogP contribution in [0.4, 0.5) is 0 Å². The quantitative estimate of drug-likeness (QED) is 0.823. The SMILES string of the molecule is CCC1NC(C)C(=O)N1CC(C)N1CCCCC1. The van der Waals surface area contributed by atoms with Crippen LogP contribution < -0.4 is 5.32 Å².